The van der Waals surface area contributed by atoms with Crippen LogP contribution < -0.4 is 29.1 Å². The lowest BCUT2D eigenvalue weighted by Crippen LogP contribution is -2.40. The van der Waals surface area contributed by atoms with Crippen LogP contribution in [0.5, 0.6) is 17.2 Å². The molecule has 0 unspecified atom stereocenters. The van der Waals surface area contributed by atoms with E-state index in [-0.39, 0.29) is 46.1 Å². The van der Waals surface area contributed by atoms with Crippen molar-refractivity contribution >= 4 is 34.8 Å². The van der Waals surface area contributed by atoms with Crippen molar-refractivity contribution in [3.8, 4) is 17.2 Å². The van der Waals surface area contributed by atoms with Crippen LogP contribution in [0, 0.1) is 10.1 Å². The number of nitrogens with zero attached hydrogens (tertiary/aromatic N) is 3. The van der Waals surface area contributed by atoms with Crippen LogP contribution in [-0.4, -0.2) is 36.3 Å². The molecule has 2 heterocycles. The standard InChI is InChI=1S/C37H31N3O8S/c1-4-47-36(42)32-33(24-14-9-6-10-15-24)38-37-39(34(32)25-16-11-17-27(18-25)45-2)35(41)31(49-37)20-26-19-29(46-3)30(21-28(26)40(43)44)48-22-23-12-7-5-8-13-23/h5-21,34H,4,22H2,1-3H3/b31-20-/t34-/m1/s1. The van der Waals surface area contributed by atoms with Crippen molar-refractivity contribution < 1.29 is 28.7 Å². The van der Waals surface area contributed by atoms with Crippen LogP contribution in [0.2, 0.25) is 0 Å². The molecule has 6 rings (SSSR count). The van der Waals surface area contributed by atoms with Crippen LogP contribution in [0.15, 0.2) is 112 Å². The van der Waals surface area contributed by atoms with Crippen molar-refractivity contribution in [1.82, 2.24) is 4.57 Å². The smallest absolute Gasteiger partial charge is 0.338 e. The van der Waals surface area contributed by atoms with E-state index >= 15 is 0 Å². The third-order valence-corrected chi connectivity index (χ3v) is 8.80. The molecule has 1 aromatic heterocycles. The van der Waals surface area contributed by atoms with Gasteiger partial charge >= 0.3 is 5.97 Å². The Hall–Kier alpha value is -6.01. The second-order valence-corrected chi connectivity index (χ2v) is 11.8. The Morgan fingerprint density at radius 2 is 1.69 bits per heavy atom. The molecule has 0 spiro atoms. The molecular formula is C37H31N3O8S. The van der Waals surface area contributed by atoms with Crippen LogP contribution in [0.25, 0.3) is 11.8 Å². The highest BCUT2D eigenvalue weighted by molar-refractivity contribution is 7.07. The number of methoxy groups -OCH3 is 2. The number of nitro benzene ring substituents is 1. The van der Waals surface area contributed by atoms with Gasteiger partial charge in [0.2, 0.25) is 0 Å². The number of hydrogen-bond donors (Lipinski definition) is 0. The van der Waals surface area contributed by atoms with E-state index < -0.39 is 22.5 Å². The zero-order valence-electron chi connectivity index (χ0n) is 26.8. The minimum absolute atomic E-state index is 0.107. The molecule has 49 heavy (non-hydrogen) atoms. The lowest BCUT2D eigenvalue weighted by Gasteiger charge is -2.26. The Balaban J connectivity index is 1.56. The maximum absolute atomic E-state index is 14.3. The number of carbonyl (C=O) groups excluding carboxylic acids is 1. The third kappa shape index (κ3) is 6.72. The number of aromatic nitrogens is 1. The van der Waals surface area contributed by atoms with Gasteiger partial charge in [0.25, 0.3) is 11.2 Å². The van der Waals surface area contributed by atoms with E-state index in [1.807, 2.05) is 60.7 Å². The normalized spacial score (nSPS) is 14.1. The molecule has 1 aliphatic heterocycles. The Morgan fingerprint density at radius 1 is 0.959 bits per heavy atom. The summed E-state index contributed by atoms with van der Waals surface area (Å²) in [4.78, 5) is 45.0. The molecule has 1 atom stereocenters. The highest BCUT2D eigenvalue weighted by atomic mass is 32.1. The van der Waals surface area contributed by atoms with E-state index in [9.17, 15) is 19.7 Å². The van der Waals surface area contributed by atoms with Gasteiger partial charge in [-0.1, -0.05) is 84.1 Å². The van der Waals surface area contributed by atoms with Gasteiger partial charge < -0.3 is 18.9 Å². The third-order valence-electron chi connectivity index (χ3n) is 7.82. The van der Waals surface area contributed by atoms with Crippen LogP contribution in [0.1, 0.15) is 35.2 Å². The maximum Gasteiger partial charge on any atom is 0.338 e. The molecule has 4 aromatic carbocycles. The molecule has 0 radical (unpaired) electrons. The topological polar surface area (TPSA) is 131 Å². The average molecular weight is 678 g/mol. The van der Waals surface area contributed by atoms with Gasteiger partial charge in [-0.3, -0.25) is 19.5 Å². The van der Waals surface area contributed by atoms with E-state index in [1.54, 1.807) is 31.2 Å². The van der Waals surface area contributed by atoms with Gasteiger partial charge in [0.1, 0.15) is 12.4 Å². The first kappa shape index (κ1) is 32.9. The van der Waals surface area contributed by atoms with Crippen molar-refractivity contribution in [2.45, 2.75) is 19.6 Å². The van der Waals surface area contributed by atoms with Gasteiger partial charge in [0.15, 0.2) is 16.3 Å². The highest BCUT2D eigenvalue weighted by Gasteiger charge is 2.35. The fourth-order valence-electron chi connectivity index (χ4n) is 5.55. The molecule has 0 N–H and O–H groups in total. The van der Waals surface area contributed by atoms with Crippen LogP contribution >= 0.6 is 11.3 Å². The molecule has 5 aromatic rings. The summed E-state index contributed by atoms with van der Waals surface area (Å²) in [5.74, 6) is 0.337. The summed E-state index contributed by atoms with van der Waals surface area (Å²) >= 11 is 1.05. The van der Waals surface area contributed by atoms with Crippen molar-refractivity contribution in [3.63, 3.8) is 0 Å². The Kier molecular flexibility index (Phi) is 9.67. The number of nitro groups is 1. The first-order valence-corrected chi connectivity index (χ1v) is 16.1. The maximum atomic E-state index is 14.3. The summed E-state index contributed by atoms with van der Waals surface area (Å²) in [6.07, 6.45) is 1.43. The van der Waals surface area contributed by atoms with Gasteiger partial charge in [-0.05, 0) is 42.3 Å². The fraction of sp³-hybridized carbons (Fsp3) is 0.162. The molecular weight excluding hydrogens is 646 g/mol. The van der Waals surface area contributed by atoms with Crippen molar-refractivity contribution in [2.24, 2.45) is 4.99 Å². The van der Waals surface area contributed by atoms with Gasteiger partial charge in [-0.25, -0.2) is 9.79 Å². The Labute approximate surface area is 284 Å². The number of hydrogen-bond acceptors (Lipinski definition) is 10. The number of thiazole rings is 1. The number of esters is 1. The van der Waals surface area contributed by atoms with Gasteiger partial charge in [-0.2, -0.15) is 0 Å². The molecule has 248 valence electrons. The predicted octanol–water partition coefficient (Wildman–Crippen LogP) is 5.44. The summed E-state index contributed by atoms with van der Waals surface area (Å²) < 4.78 is 24.0. The van der Waals surface area contributed by atoms with E-state index in [4.69, 9.17) is 23.9 Å². The highest BCUT2D eigenvalue weighted by Crippen LogP contribution is 2.37. The van der Waals surface area contributed by atoms with Crippen molar-refractivity contribution in [2.75, 3.05) is 20.8 Å². The van der Waals surface area contributed by atoms with Crippen LogP contribution in [-0.2, 0) is 16.1 Å². The zero-order valence-corrected chi connectivity index (χ0v) is 27.6. The number of carbonyl (C=O) groups is 1. The Bertz CT molecular complexity index is 2250. The second-order valence-electron chi connectivity index (χ2n) is 10.8. The SMILES string of the molecule is CCOC(=O)C1=C(c2ccccc2)N=c2s/c(=C\c3cc(OC)c(OCc4ccccc4)cc3[N+](=O)[O-])c(=O)n2[C@@H]1c1cccc(OC)c1. The van der Waals surface area contributed by atoms with Crippen LogP contribution in [0.4, 0.5) is 5.69 Å². The number of benzene rings is 4. The Morgan fingerprint density at radius 3 is 2.37 bits per heavy atom. The van der Waals surface area contributed by atoms with Gasteiger partial charge in [0, 0.05) is 5.56 Å². The van der Waals surface area contributed by atoms with Crippen LogP contribution in [0.3, 0.4) is 0 Å². The van der Waals surface area contributed by atoms with E-state index in [0.717, 1.165) is 16.9 Å². The minimum atomic E-state index is -0.943. The molecule has 0 amide bonds. The summed E-state index contributed by atoms with van der Waals surface area (Å²) in [6.45, 7) is 1.98. The summed E-state index contributed by atoms with van der Waals surface area (Å²) in [5, 5.41) is 12.3. The van der Waals surface area contributed by atoms with Crippen molar-refractivity contribution in [3.05, 3.63) is 155 Å². The summed E-state index contributed by atoms with van der Waals surface area (Å²) in [7, 11) is 2.96. The fourth-order valence-corrected chi connectivity index (χ4v) is 6.55. The van der Waals surface area contributed by atoms with E-state index in [2.05, 4.69) is 0 Å². The quantitative estimate of drug-likeness (QED) is 0.103. The monoisotopic (exact) mass is 677 g/mol. The van der Waals surface area contributed by atoms with E-state index in [0.29, 0.717) is 27.4 Å². The zero-order chi connectivity index (χ0) is 34.5. The number of fused-ring (bicyclic) bond motifs is 1. The number of ether oxygens (including phenoxy) is 4. The molecule has 1 aliphatic rings. The first-order valence-electron chi connectivity index (χ1n) is 15.3. The molecule has 0 aliphatic carbocycles. The van der Waals surface area contributed by atoms with E-state index in [1.165, 1.54) is 37.0 Å². The molecule has 0 saturated heterocycles. The largest absolute Gasteiger partial charge is 0.497 e. The minimum Gasteiger partial charge on any atom is -0.497 e. The van der Waals surface area contributed by atoms with Gasteiger partial charge in [-0.15, -0.1) is 0 Å². The molecule has 11 nitrogen and oxygen atoms in total. The lowest BCUT2D eigenvalue weighted by atomic mass is 9.93. The van der Waals surface area contributed by atoms with Crippen molar-refractivity contribution in [1.29, 1.82) is 0 Å². The molecule has 0 saturated carbocycles. The summed E-state index contributed by atoms with van der Waals surface area (Å²) in [6, 6.07) is 27.4. The number of rotatable bonds is 11. The molecule has 0 fully saturated rings. The average Bonchev–Trinajstić information content (AvgIpc) is 3.44. The summed E-state index contributed by atoms with van der Waals surface area (Å²) in [5.41, 5.74) is 2.00. The first-order chi connectivity index (χ1) is 23.8. The van der Waals surface area contributed by atoms with Gasteiger partial charge in [0.05, 0.1) is 59.2 Å². The molecule has 12 heteroatoms. The lowest BCUT2D eigenvalue weighted by molar-refractivity contribution is -0.385. The molecule has 0 bridgehead atoms. The predicted molar refractivity (Wildman–Crippen MR) is 184 cm³/mol. The second kappa shape index (κ2) is 14.4.